The van der Waals surface area contributed by atoms with Crippen molar-refractivity contribution in [2.75, 3.05) is 6.61 Å². The molecule has 0 saturated heterocycles. The summed E-state index contributed by atoms with van der Waals surface area (Å²) >= 11 is 6.32. The minimum atomic E-state index is -0.574. The van der Waals surface area contributed by atoms with E-state index in [0.717, 1.165) is 34.3 Å². The second-order valence-electron chi connectivity index (χ2n) is 8.30. The molecule has 6 heteroatoms. The second kappa shape index (κ2) is 8.38. The van der Waals surface area contributed by atoms with Gasteiger partial charge in [-0.15, -0.1) is 0 Å². The lowest BCUT2D eigenvalue weighted by molar-refractivity contribution is 0.0801. The molecule has 2 aromatic carbocycles. The first kappa shape index (κ1) is 20.7. The third-order valence-corrected chi connectivity index (χ3v) is 6.34. The van der Waals surface area contributed by atoms with E-state index in [2.05, 4.69) is 41.2 Å². The molecule has 0 radical (unpaired) electrons. The van der Waals surface area contributed by atoms with Gasteiger partial charge in [0.15, 0.2) is 0 Å². The molecule has 2 heterocycles. The molecule has 0 unspecified atom stereocenters. The van der Waals surface area contributed by atoms with Crippen LogP contribution in [-0.4, -0.2) is 21.1 Å². The number of hydrogen-bond donors (Lipinski definition) is 0. The molecule has 0 amide bonds. The smallest absolute Gasteiger partial charge is 0.224 e. The zero-order chi connectivity index (χ0) is 22.1. The Kier molecular flexibility index (Phi) is 5.42. The van der Waals surface area contributed by atoms with Crippen molar-refractivity contribution in [2.45, 2.75) is 38.3 Å². The van der Waals surface area contributed by atoms with Crippen LogP contribution in [0, 0.1) is 11.3 Å². The van der Waals surface area contributed by atoms with Crippen LogP contribution < -0.4 is 0 Å². The normalized spacial score (nSPS) is 14.4. The molecule has 4 aromatic rings. The predicted octanol–water partition coefficient (Wildman–Crippen LogP) is 5.70. The lowest BCUT2D eigenvalue weighted by atomic mass is 9.78. The van der Waals surface area contributed by atoms with Crippen LogP contribution in [0.4, 0.5) is 0 Å². The van der Waals surface area contributed by atoms with Gasteiger partial charge < -0.3 is 9.30 Å². The van der Waals surface area contributed by atoms with Gasteiger partial charge in [0, 0.05) is 23.8 Å². The van der Waals surface area contributed by atoms with Crippen molar-refractivity contribution in [1.29, 1.82) is 5.26 Å². The Balaban J connectivity index is 1.56. The number of hydrogen-bond acceptors (Lipinski definition) is 4. The molecular formula is C26H23ClN4O. The van der Waals surface area contributed by atoms with Crippen LogP contribution in [0.25, 0.3) is 22.3 Å². The van der Waals surface area contributed by atoms with Crippen LogP contribution in [0.3, 0.4) is 0 Å². The van der Waals surface area contributed by atoms with E-state index in [9.17, 15) is 5.26 Å². The van der Waals surface area contributed by atoms with Crippen molar-refractivity contribution >= 4 is 22.6 Å². The summed E-state index contributed by atoms with van der Waals surface area (Å²) in [6, 6.07) is 21.1. The zero-order valence-electron chi connectivity index (χ0n) is 17.9. The second-order valence-corrected chi connectivity index (χ2v) is 8.64. The number of ether oxygens (including phenoxy) is 1. The maximum absolute atomic E-state index is 10.2. The van der Waals surface area contributed by atoms with Crippen molar-refractivity contribution in [2.24, 2.45) is 0 Å². The molecule has 0 atom stereocenters. The van der Waals surface area contributed by atoms with Crippen LogP contribution in [0.15, 0.2) is 60.8 Å². The number of benzene rings is 2. The summed E-state index contributed by atoms with van der Waals surface area (Å²) in [7, 11) is 0. The molecule has 160 valence electrons. The van der Waals surface area contributed by atoms with E-state index < -0.39 is 5.41 Å². The Morgan fingerprint density at radius 3 is 2.59 bits per heavy atom. The Hall–Kier alpha value is -3.20. The van der Waals surface area contributed by atoms with E-state index in [4.69, 9.17) is 16.3 Å². The molecule has 5 rings (SSSR count). The van der Waals surface area contributed by atoms with Crippen molar-refractivity contribution in [3.05, 3.63) is 82.8 Å². The quantitative estimate of drug-likeness (QED) is 0.284. The van der Waals surface area contributed by atoms with E-state index in [1.54, 1.807) is 0 Å². The molecule has 32 heavy (non-hydrogen) atoms. The molecule has 1 aliphatic carbocycles. The average Bonchev–Trinajstić information content (AvgIpc) is 3.41. The number of fused-ring (bicyclic) bond motifs is 2. The average molecular weight is 443 g/mol. The summed E-state index contributed by atoms with van der Waals surface area (Å²) in [6.45, 7) is 3.18. The molecule has 5 nitrogen and oxygen atoms in total. The maximum Gasteiger partial charge on any atom is 0.224 e. The zero-order valence-corrected chi connectivity index (χ0v) is 18.6. The Bertz CT molecular complexity index is 1310. The number of halogens is 1. The van der Waals surface area contributed by atoms with Crippen molar-refractivity contribution in [3.8, 4) is 17.3 Å². The first-order chi connectivity index (χ1) is 15.6. The Morgan fingerprint density at radius 1 is 1.09 bits per heavy atom. The van der Waals surface area contributed by atoms with E-state index in [-0.39, 0.29) is 5.28 Å². The van der Waals surface area contributed by atoms with Gasteiger partial charge in [0.1, 0.15) is 12.4 Å². The first-order valence-corrected chi connectivity index (χ1v) is 11.2. The number of aromatic nitrogens is 3. The summed E-state index contributed by atoms with van der Waals surface area (Å²) in [4.78, 5) is 9.00. The third-order valence-electron chi connectivity index (χ3n) is 6.18. The Labute approximate surface area is 192 Å². The van der Waals surface area contributed by atoms with Gasteiger partial charge in [0.25, 0.3) is 0 Å². The third kappa shape index (κ3) is 3.56. The minimum absolute atomic E-state index is 0.191. The number of rotatable bonds is 6. The van der Waals surface area contributed by atoms with E-state index in [0.29, 0.717) is 26.2 Å². The van der Waals surface area contributed by atoms with Gasteiger partial charge >= 0.3 is 0 Å². The monoisotopic (exact) mass is 442 g/mol. The Morgan fingerprint density at radius 2 is 1.88 bits per heavy atom. The molecule has 2 aromatic heterocycles. The number of nitrogens with zero attached hydrogens (tertiary/aromatic N) is 4. The molecule has 1 aliphatic rings. The molecule has 0 spiro atoms. The fourth-order valence-electron chi connectivity index (χ4n) is 4.60. The molecule has 0 bridgehead atoms. The minimum Gasteiger partial charge on any atom is -0.361 e. The molecule has 0 aliphatic heterocycles. The van der Waals surface area contributed by atoms with Crippen LogP contribution in [0.1, 0.15) is 30.0 Å². The van der Waals surface area contributed by atoms with Crippen LogP contribution in [-0.2, 0) is 29.7 Å². The summed E-state index contributed by atoms with van der Waals surface area (Å²) in [5.41, 5.74) is 5.35. The standard InChI is InChI=1S/C26H23ClN4O/c1-2-12-32-17-31-11-10-22-23(29-25(27)30-24(22)31)18-8-5-9-21(13-18)26(16-28)14-19-6-3-4-7-20(19)15-26/h3-11,13H,2,12,14-15,17H2,1H3. The predicted molar refractivity (Wildman–Crippen MR) is 125 cm³/mol. The molecule has 0 N–H and O–H groups in total. The van der Waals surface area contributed by atoms with Crippen molar-refractivity contribution in [1.82, 2.24) is 14.5 Å². The summed E-state index contributed by atoms with van der Waals surface area (Å²) in [5, 5.41) is 11.3. The van der Waals surface area contributed by atoms with Gasteiger partial charge in [-0.05, 0) is 59.7 Å². The summed E-state index contributed by atoms with van der Waals surface area (Å²) in [5.74, 6) is 0. The molecule has 0 fully saturated rings. The lowest BCUT2D eigenvalue weighted by Gasteiger charge is -2.21. The van der Waals surface area contributed by atoms with Crippen LogP contribution in [0.2, 0.25) is 5.28 Å². The number of nitriles is 1. The topological polar surface area (TPSA) is 63.7 Å². The van der Waals surface area contributed by atoms with Crippen LogP contribution >= 0.6 is 11.6 Å². The highest BCUT2D eigenvalue weighted by Gasteiger charge is 2.39. The van der Waals surface area contributed by atoms with Gasteiger partial charge in [-0.25, -0.2) is 4.98 Å². The van der Waals surface area contributed by atoms with E-state index in [1.807, 2.05) is 47.2 Å². The summed E-state index contributed by atoms with van der Waals surface area (Å²) in [6.07, 6.45) is 4.34. The van der Waals surface area contributed by atoms with Crippen molar-refractivity contribution < 1.29 is 4.74 Å². The van der Waals surface area contributed by atoms with E-state index in [1.165, 1.54) is 11.1 Å². The lowest BCUT2D eigenvalue weighted by Crippen LogP contribution is -2.24. The first-order valence-electron chi connectivity index (χ1n) is 10.8. The summed E-state index contributed by atoms with van der Waals surface area (Å²) < 4.78 is 7.63. The van der Waals surface area contributed by atoms with Gasteiger partial charge in [0.05, 0.1) is 17.2 Å². The SMILES string of the molecule is CCCOCn1ccc2c(-c3cccc(C4(C#N)Cc5ccccc5C4)c3)nc(Cl)nc21. The molecular weight excluding hydrogens is 420 g/mol. The van der Waals surface area contributed by atoms with Crippen molar-refractivity contribution in [3.63, 3.8) is 0 Å². The fourth-order valence-corrected chi connectivity index (χ4v) is 4.76. The highest BCUT2D eigenvalue weighted by Crippen LogP contribution is 2.41. The van der Waals surface area contributed by atoms with Gasteiger partial charge in [-0.2, -0.15) is 10.2 Å². The fraction of sp³-hybridized carbons (Fsp3) is 0.269. The highest BCUT2D eigenvalue weighted by molar-refractivity contribution is 6.28. The molecule has 0 saturated carbocycles. The van der Waals surface area contributed by atoms with Crippen LogP contribution in [0.5, 0.6) is 0 Å². The van der Waals surface area contributed by atoms with Gasteiger partial charge in [-0.1, -0.05) is 49.4 Å². The van der Waals surface area contributed by atoms with Gasteiger partial charge in [0.2, 0.25) is 5.28 Å². The van der Waals surface area contributed by atoms with Gasteiger partial charge in [-0.3, -0.25) is 0 Å². The highest BCUT2D eigenvalue weighted by atomic mass is 35.5. The largest absolute Gasteiger partial charge is 0.361 e. The van der Waals surface area contributed by atoms with E-state index >= 15 is 0 Å². The maximum atomic E-state index is 10.2.